The second-order valence-corrected chi connectivity index (χ2v) is 0.925. The van der Waals surface area contributed by atoms with E-state index < -0.39 is 0 Å². The zero-order valence-electron chi connectivity index (χ0n) is 4.52. The van der Waals surface area contributed by atoms with Crippen molar-refractivity contribution in [2.45, 2.75) is 13.8 Å². The van der Waals surface area contributed by atoms with Crippen LogP contribution in [0.1, 0.15) is 13.8 Å². The molecule has 3 nitrogen and oxygen atoms in total. The Hall–Kier alpha value is -0.570. The molecule has 7 heavy (non-hydrogen) atoms. The second-order valence-electron chi connectivity index (χ2n) is 0.925. The summed E-state index contributed by atoms with van der Waals surface area (Å²) in [7, 11) is 0. The van der Waals surface area contributed by atoms with E-state index in [4.69, 9.17) is 0 Å². The number of carbonyl (C=O) groups is 1. The first-order valence-corrected chi connectivity index (χ1v) is 1.90. The second kappa shape index (κ2) is 5.43. The van der Waals surface area contributed by atoms with Crippen molar-refractivity contribution in [3.8, 4) is 0 Å². The van der Waals surface area contributed by atoms with E-state index in [-0.39, 0.29) is 11.4 Å². The molecule has 0 spiro atoms. The van der Waals surface area contributed by atoms with Crippen molar-refractivity contribution in [2.75, 3.05) is 6.61 Å². The van der Waals surface area contributed by atoms with Gasteiger partial charge in [-0.2, -0.15) is 0 Å². The molecule has 44 valence electrons. The third-order valence-electron chi connectivity index (χ3n) is 0.348. The van der Waals surface area contributed by atoms with Crippen LogP contribution in [0.5, 0.6) is 0 Å². The van der Waals surface area contributed by atoms with Crippen molar-refractivity contribution in [1.29, 1.82) is 0 Å². The third kappa shape index (κ3) is 10.8. The summed E-state index contributed by atoms with van der Waals surface area (Å²) in [6.45, 7) is 3.65. The Balaban J connectivity index is 0. The molecule has 0 radical (unpaired) electrons. The topological polar surface area (TPSA) is 57.8 Å². The highest BCUT2D eigenvalue weighted by molar-refractivity contribution is 5.65. The van der Waals surface area contributed by atoms with Crippen molar-refractivity contribution >= 4 is 5.97 Å². The van der Waals surface area contributed by atoms with Gasteiger partial charge in [0.2, 0.25) is 0 Å². The SMILES string of the molecule is CCOC(C)=O.O. The molecule has 0 aromatic heterocycles. The van der Waals surface area contributed by atoms with Gasteiger partial charge in [0.25, 0.3) is 0 Å². The summed E-state index contributed by atoms with van der Waals surface area (Å²) in [4.78, 5) is 9.82. The highest BCUT2D eigenvalue weighted by Gasteiger charge is 1.81. The average molecular weight is 106 g/mol. The molecule has 0 aliphatic heterocycles. The zero-order chi connectivity index (χ0) is 4.99. The molecule has 0 amide bonds. The third-order valence-corrected chi connectivity index (χ3v) is 0.348. The molecule has 0 atom stereocenters. The summed E-state index contributed by atoms with van der Waals surface area (Å²) < 4.78 is 4.40. The lowest BCUT2D eigenvalue weighted by molar-refractivity contribution is -0.140. The number of hydrogen-bond donors (Lipinski definition) is 0. The molecule has 0 saturated heterocycles. The lowest BCUT2D eigenvalue weighted by Crippen LogP contribution is -1.95. The standard InChI is InChI=1S/C4H8O2.H2O/c1-3-6-4(2)5;/h3H2,1-2H3;1H2. The number of hydrogen-bond acceptors (Lipinski definition) is 2. The largest absolute Gasteiger partial charge is 0.466 e. The van der Waals surface area contributed by atoms with Crippen LogP contribution in [0.3, 0.4) is 0 Å². The first kappa shape index (κ1) is 9.66. The minimum Gasteiger partial charge on any atom is -0.466 e. The van der Waals surface area contributed by atoms with E-state index in [1.54, 1.807) is 6.92 Å². The van der Waals surface area contributed by atoms with Gasteiger partial charge in [-0.05, 0) is 6.92 Å². The molecular formula is C4H10O3. The summed E-state index contributed by atoms with van der Waals surface area (Å²) in [5.41, 5.74) is 0. The summed E-state index contributed by atoms with van der Waals surface area (Å²) in [6.07, 6.45) is 0. The van der Waals surface area contributed by atoms with Crippen LogP contribution < -0.4 is 0 Å². The van der Waals surface area contributed by atoms with Crippen LogP contribution in [0.2, 0.25) is 0 Å². The average Bonchev–Trinajstić information content (AvgIpc) is 1.35. The Morgan fingerprint density at radius 3 is 2.14 bits per heavy atom. The molecule has 0 fully saturated rings. The fourth-order valence-corrected chi connectivity index (χ4v) is 0.203. The Morgan fingerprint density at radius 1 is 1.71 bits per heavy atom. The molecule has 0 aromatic carbocycles. The quantitative estimate of drug-likeness (QED) is 0.432. The van der Waals surface area contributed by atoms with Gasteiger partial charge in [-0.15, -0.1) is 0 Å². The van der Waals surface area contributed by atoms with Gasteiger partial charge in [0.05, 0.1) is 6.61 Å². The highest BCUT2D eigenvalue weighted by atomic mass is 16.5. The van der Waals surface area contributed by atoms with E-state index in [1.165, 1.54) is 6.92 Å². The van der Waals surface area contributed by atoms with Crippen LogP contribution >= 0.6 is 0 Å². The number of ether oxygens (including phenoxy) is 1. The molecule has 0 unspecified atom stereocenters. The molecule has 0 bridgehead atoms. The van der Waals surface area contributed by atoms with E-state index in [0.717, 1.165) is 0 Å². The van der Waals surface area contributed by atoms with E-state index in [1.807, 2.05) is 0 Å². The molecule has 0 heterocycles. The monoisotopic (exact) mass is 106 g/mol. The maximum Gasteiger partial charge on any atom is 0.302 e. The first-order valence-electron chi connectivity index (χ1n) is 1.90. The number of esters is 1. The normalized spacial score (nSPS) is 6.57. The Morgan fingerprint density at radius 2 is 2.14 bits per heavy atom. The van der Waals surface area contributed by atoms with Crippen molar-refractivity contribution in [3.05, 3.63) is 0 Å². The minimum absolute atomic E-state index is 0. The van der Waals surface area contributed by atoms with E-state index >= 15 is 0 Å². The van der Waals surface area contributed by atoms with Gasteiger partial charge in [0.15, 0.2) is 0 Å². The van der Waals surface area contributed by atoms with Gasteiger partial charge >= 0.3 is 5.97 Å². The van der Waals surface area contributed by atoms with Gasteiger partial charge < -0.3 is 10.2 Å². The fourth-order valence-electron chi connectivity index (χ4n) is 0.203. The molecule has 0 rings (SSSR count). The zero-order valence-corrected chi connectivity index (χ0v) is 4.52. The van der Waals surface area contributed by atoms with Gasteiger partial charge in [-0.1, -0.05) is 0 Å². The van der Waals surface area contributed by atoms with Crippen LogP contribution in [-0.4, -0.2) is 18.1 Å². The van der Waals surface area contributed by atoms with E-state index in [9.17, 15) is 4.79 Å². The molecule has 0 aliphatic rings. The minimum atomic E-state index is -0.211. The van der Waals surface area contributed by atoms with E-state index in [0.29, 0.717) is 6.61 Å². The molecule has 0 aliphatic carbocycles. The maximum absolute atomic E-state index is 9.82. The molecule has 2 N–H and O–H groups in total. The summed E-state index contributed by atoms with van der Waals surface area (Å²) in [5, 5.41) is 0. The van der Waals surface area contributed by atoms with E-state index in [2.05, 4.69) is 4.74 Å². The first-order chi connectivity index (χ1) is 2.77. The Bertz CT molecular complexity index is 50.9. The van der Waals surface area contributed by atoms with Crippen LogP contribution in [0.15, 0.2) is 0 Å². The number of carbonyl (C=O) groups excluding carboxylic acids is 1. The van der Waals surface area contributed by atoms with Crippen molar-refractivity contribution in [3.63, 3.8) is 0 Å². The van der Waals surface area contributed by atoms with Gasteiger partial charge in [-0.3, -0.25) is 4.79 Å². The summed E-state index contributed by atoms with van der Waals surface area (Å²) in [6, 6.07) is 0. The predicted molar refractivity (Wildman–Crippen MR) is 25.9 cm³/mol. The maximum atomic E-state index is 9.82. The lowest BCUT2D eigenvalue weighted by atomic mass is 10.8. The van der Waals surface area contributed by atoms with Crippen LogP contribution in [0, 0.1) is 0 Å². The molecule has 0 saturated carbocycles. The van der Waals surface area contributed by atoms with Crippen molar-refractivity contribution < 1.29 is 15.0 Å². The van der Waals surface area contributed by atoms with Crippen LogP contribution in [0.4, 0.5) is 0 Å². The van der Waals surface area contributed by atoms with Crippen molar-refractivity contribution in [2.24, 2.45) is 0 Å². The molecular weight excluding hydrogens is 96.0 g/mol. The smallest absolute Gasteiger partial charge is 0.302 e. The molecule has 0 aromatic rings. The van der Waals surface area contributed by atoms with Gasteiger partial charge in [0, 0.05) is 6.92 Å². The fraction of sp³-hybridized carbons (Fsp3) is 0.750. The predicted octanol–water partition coefficient (Wildman–Crippen LogP) is -0.255. The number of rotatable bonds is 1. The highest BCUT2D eigenvalue weighted by Crippen LogP contribution is 1.69. The van der Waals surface area contributed by atoms with Gasteiger partial charge in [0.1, 0.15) is 0 Å². The van der Waals surface area contributed by atoms with Crippen LogP contribution in [0.25, 0.3) is 0 Å². The Labute approximate surface area is 42.6 Å². The lowest BCUT2D eigenvalue weighted by Gasteiger charge is -1.89. The summed E-state index contributed by atoms with van der Waals surface area (Å²) in [5.74, 6) is -0.211. The van der Waals surface area contributed by atoms with Gasteiger partial charge in [-0.25, -0.2) is 0 Å². The molecule has 3 heteroatoms. The van der Waals surface area contributed by atoms with Crippen LogP contribution in [-0.2, 0) is 9.53 Å². The van der Waals surface area contributed by atoms with Crippen molar-refractivity contribution in [1.82, 2.24) is 0 Å². The Kier molecular flexibility index (Phi) is 7.49. The summed E-state index contributed by atoms with van der Waals surface area (Å²) >= 11 is 0.